The van der Waals surface area contributed by atoms with E-state index in [9.17, 15) is 0 Å². The number of benzene rings is 2. The standard InChI is InChI=1S/C20H20ClN3O3S/c1-25-17-9-13-7-8-23(11-14(13)10-18(17)26-2)12-24-20(28)27-19(22-24)15-5-3-4-6-16(15)21/h3-6,9-10H,7-8,11-12H2,1-2H3. The molecule has 0 atom stereocenters. The van der Waals surface area contributed by atoms with E-state index in [0.29, 0.717) is 22.4 Å². The summed E-state index contributed by atoms with van der Waals surface area (Å²) in [6.07, 6.45) is 0.915. The number of nitrogens with zero attached hydrogens (tertiary/aromatic N) is 3. The van der Waals surface area contributed by atoms with Crippen LogP contribution in [0.2, 0.25) is 5.02 Å². The Kier molecular flexibility index (Phi) is 5.39. The second-order valence-corrected chi connectivity index (χ2v) is 7.33. The highest BCUT2D eigenvalue weighted by molar-refractivity contribution is 7.71. The second kappa shape index (κ2) is 7.95. The number of halogens is 1. The number of ether oxygens (including phenoxy) is 2. The lowest BCUT2D eigenvalue weighted by Crippen LogP contribution is -2.32. The van der Waals surface area contributed by atoms with Crippen LogP contribution in [0.3, 0.4) is 0 Å². The number of hydrogen-bond acceptors (Lipinski definition) is 6. The predicted molar refractivity (Wildman–Crippen MR) is 109 cm³/mol. The molecule has 0 N–H and O–H groups in total. The van der Waals surface area contributed by atoms with E-state index >= 15 is 0 Å². The van der Waals surface area contributed by atoms with Crippen LogP contribution in [0.4, 0.5) is 0 Å². The van der Waals surface area contributed by atoms with Gasteiger partial charge in [-0.25, -0.2) is 4.68 Å². The Morgan fingerprint density at radius 3 is 2.57 bits per heavy atom. The summed E-state index contributed by atoms with van der Waals surface area (Å²) in [4.78, 5) is 2.59. The van der Waals surface area contributed by atoms with Crippen molar-refractivity contribution in [2.45, 2.75) is 19.6 Å². The van der Waals surface area contributed by atoms with Gasteiger partial charge in [-0.05, 0) is 54.0 Å². The molecule has 146 valence electrons. The molecule has 0 fully saturated rings. The molecule has 0 saturated heterocycles. The highest BCUT2D eigenvalue weighted by atomic mass is 35.5. The number of rotatable bonds is 5. The maximum absolute atomic E-state index is 6.25. The molecule has 1 aromatic heterocycles. The summed E-state index contributed by atoms with van der Waals surface area (Å²) >= 11 is 11.6. The molecule has 0 radical (unpaired) electrons. The molecular weight excluding hydrogens is 398 g/mol. The topological polar surface area (TPSA) is 52.7 Å². The fourth-order valence-electron chi connectivity index (χ4n) is 3.39. The van der Waals surface area contributed by atoms with Crippen molar-refractivity contribution in [3.05, 3.63) is 57.4 Å². The first-order valence-corrected chi connectivity index (χ1v) is 9.66. The molecule has 0 saturated carbocycles. The van der Waals surface area contributed by atoms with Gasteiger partial charge in [0.2, 0.25) is 5.89 Å². The molecule has 0 unspecified atom stereocenters. The van der Waals surface area contributed by atoms with E-state index in [1.807, 2.05) is 24.3 Å². The maximum atomic E-state index is 6.25. The lowest BCUT2D eigenvalue weighted by atomic mass is 9.99. The Balaban J connectivity index is 1.55. The number of aromatic nitrogens is 2. The van der Waals surface area contributed by atoms with Gasteiger partial charge in [-0.1, -0.05) is 23.7 Å². The zero-order chi connectivity index (χ0) is 19.7. The SMILES string of the molecule is COc1cc2c(cc1OC)CN(Cn1nc(-c3ccccc3Cl)oc1=S)CC2. The Labute approximate surface area is 173 Å². The van der Waals surface area contributed by atoms with Crippen LogP contribution in [0.15, 0.2) is 40.8 Å². The van der Waals surface area contributed by atoms with Crippen LogP contribution >= 0.6 is 23.8 Å². The quantitative estimate of drug-likeness (QED) is 0.567. The molecule has 0 aliphatic carbocycles. The Hall–Kier alpha value is -2.35. The van der Waals surface area contributed by atoms with Crippen molar-refractivity contribution in [1.29, 1.82) is 0 Å². The monoisotopic (exact) mass is 417 g/mol. The summed E-state index contributed by atoms with van der Waals surface area (Å²) in [6, 6.07) is 11.5. The largest absolute Gasteiger partial charge is 0.493 e. The molecule has 28 heavy (non-hydrogen) atoms. The molecular formula is C20H20ClN3O3S. The third-order valence-electron chi connectivity index (χ3n) is 4.84. The van der Waals surface area contributed by atoms with Crippen molar-refractivity contribution >= 4 is 23.8 Å². The van der Waals surface area contributed by atoms with Crippen molar-refractivity contribution in [2.75, 3.05) is 20.8 Å². The normalized spacial score (nSPS) is 14.0. The molecule has 1 aliphatic rings. The highest BCUT2D eigenvalue weighted by Gasteiger charge is 2.21. The second-order valence-electron chi connectivity index (χ2n) is 6.57. The minimum Gasteiger partial charge on any atom is -0.493 e. The van der Waals surface area contributed by atoms with E-state index in [4.69, 9.17) is 37.7 Å². The predicted octanol–water partition coefficient (Wildman–Crippen LogP) is 4.56. The van der Waals surface area contributed by atoms with Crippen molar-refractivity contribution in [3.63, 3.8) is 0 Å². The molecule has 6 nitrogen and oxygen atoms in total. The number of hydrogen-bond donors (Lipinski definition) is 0. The van der Waals surface area contributed by atoms with Gasteiger partial charge in [-0.15, -0.1) is 5.10 Å². The fourth-order valence-corrected chi connectivity index (χ4v) is 3.78. The van der Waals surface area contributed by atoms with Crippen molar-refractivity contribution in [2.24, 2.45) is 0 Å². The van der Waals surface area contributed by atoms with Crippen LogP contribution in [-0.4, -0.2) is 35.4 Å². The molecule has 2 aromatic carbocycles. The van der Waals surface area contributed by atoms with Crippen molar-refractivity contribution in [1.82, 2.24) is 14.7 Å². The summed E-state index contributed by atoms with van der Waals surface area (Å²) in [5.41, 5.74) is 3.22. The first-order chi connectivity index (χ1) is 13.6. The summed E-state index contributed by atoms with van der Waals surface area (Å²) in [7, 11) is 3.30. The van der Waals surface area contributed by atoms with Gasteiger partial charge >= 0.3 is 0 Å². The molecule has 2 heterocycles. The van der Waals surface area contributed by atoms with E-state index in [1.165, 1.54) is 11.1 Å². The van der Waals surface area contributed by atoms with Gasteiger partial charge < -0.3 is 13.9 Å². The highest BCUT2D eigenvalue weighted by Crippen LogP contribution is 2.33. The Morgan fingerprint density at radius 2 is 1.86 bits per heavy atom. The summed E-state index contributed by atoms with van der Waals surface area (Å²) in [5.74, 6) is 1.93. The Morgan fingerprint density at radius 1 is 1.14 bits per heavy atom. The molecule has 0 amide bonds. The van der Waals surface area contributed by atoms with Crippen LogP contribution in [0.25, 0.3) is 11.5 Å². The fraction of sp³-hybridized carbons (Fsp3) is 0.300. The maximum Gasteiger partial charge on any atom is 0.288 e. The van der Waals surface area contributed by atoms with Crippen LogP contribution in [0.1, 0.15) is 11.1 Å². The third kappa shape index (κ3) is 3.65. The van der Waals surface area contributed by atoms with Gasteiger partial charge in [0.15, 0.2) is 11.5 Å². The van der Waals surface area contributed by atoms with E-state index in [0.717, 1.165) is 36.6 Å². The zero-order valence-electron chi connectivity index (χ0n) is 15.6. The van der Waals surface area contributed by atoms with Gasteiger partial charge in [0, 0.05) is 13.1 Å². The van der Waals surface area contributed by atoms with Crippen LogP contribution in [-0.2, 0) is 19.6 Å². The average molecular weight is 418 g/mol. The van der Waals surface area contributed by atoms with Crippen LogP contribution < -0.4 is 9.47 Å². The van der Waals surface area contributed by atoms with Gasteiger partial charge in [0.05, 0.1) is 31.5 Å². The molecule has 4 rings (SSSR count). The lowest BCUT2D eigenvalue weighted by Gasteiger charge is -2.29. The van der Waals surface area contributed by atoms with E-state index in [-0.39, 0.29) is 0 Å². The van der Waals surface area contributed by atoms with Gasteiger partial charge in [-0.3, -0.25) is 4.90 Å². The first-order valence-electron chi connectivity index (χ1n) is 8.88. The summed E-state index contributed by atoms with van der Waals surface area (Å²) in [5, 5.41) is 5.11. The smallest absolute Gasteiger partial charge is 0.288 e. The van der Waals surface area contributed by atoms with Gasteiger partial charge in [-0.2, -0.15) is 0 Å². The van der Waals surface area contributed by atoms with E-state index in [1.54, 1.807) is 25.0 Å². The summed E-state index contributed by atoms with van der Waals surface area (Å²) in [6.45, 7) is 2.20. The lowest BCUT2D eigenvalue weighted by molar-refractivity contribution is 0.185. The van der Waals surface area contributed by atoms with Crippen LogP contribution in [0, 0.1) is 4.84 Å². The zero-order valence-corrected chi connectivity index (χ0v) is 17.2. The number of methoxy groups -OCH3 is 2. The third-order valence-corrected chi connectivity index (χ3v) is 5.47. The minimum absolute atomic E-state index is 0.327. The van der Waals surface area contributed by atoms with Crippen molar-refractivity contribution < 1.29 is 13.9 Å². The van der Waals surface area contributed by atoms with E-state index < -0.39 is 0 Å². The van der Waals surface area contributed by atoms with Gasteiger partial charge in [0.25, 0.3) is 4.84 Å². The molecule has 0 spiro atoms. The Bertz CT molecular complexity index is 1060. The van der Waals surface area contributed by atoms with Crippen molar-refractivity contribution in [3.8, 4) is 23.0 Å². The first kappa shape index (κ1) is 19.0. The molecule has 1 aliphatic heterocycles. The average Bonchev–Trinajstić information content (AvgIpc) is 3.07. The molecule has 8 heteroatoms. The summed E-state index contributed by atoms with van der Waals surface area (Å²) < 4.78 is 18.2. The molecule has 3 aromatic rings. The number of fused-ring (bicyclic) bond motifs is 1. The van der Waals surface area contributed by atoms with Gasteiger partial charge in [0.1, 0.15) is 0 Å². The van der Waals surface area contributed by atoms with E-state index in [2.05, 4.69) is 16.1 Å². The molecule has 0 bridgehead atoms. The van der Waals surface area contributed by atoms with Crippen LogP contribution in [0.5, 0.6) is 11.5 Å². The minimum atomic E-state index is 0.327.